The van der Waals surface area contributed by atoms with E-state index in [1.807, 2.05) is 13.8 Å². The lowest BCUT2D eigenvalue weighted by Gasteiger charge is -2.14. The lowest BCUT2D eigenvalue weighted by Crippen LogP contribution is -2.42. The summed E-state index contributed by atoms with van der Waals surface area (Å²) >= 11 is 0. The summed E-state index contributed by atoms with van der Waals surface area (Å²) in [6.07, 6.45) is 0.918. The highest BCUT2D eigenvalue weighted by Crippen LogP contribution is 2.10. The van der Waals surface area contributed by atoms with Crippen LogP contribution in [0.5, 0.6) is 0 Å². The van der Waals surface area contributed by atoms with Crippen molar-refractivity contribution in [3.8, 4) is 0 Å². The van der Waals surface area contributed by atoms with Crippen LogP contribution in [0.25, 0.3) is 0 Å². The fraction of sp³-hybridized carbons (Fsp3) is 0.500. The second-order valence-electron chi connectivity index (χ2n) is 4.46. The maximum Gasteiger partial charge on any atom is 0.236 e. The highest BCUT2D eigenvalue weighted by Gasteiger charge is 2.11. The van der Waals surface area contributed by atoms with Crippen LogP contribution in [-0.2, 0) is 11.3 Å². The first-order chi connectivity index (χ1) is 8.54. The predicted octanol–water partition coefficient (Wildman–Crippen LogP) is 2.14. The molecule has 0 bridgehead atoms. The van der Waals surface area contributed by atoms with Crippen LogP contribution in [0.15, 0.2) is 18.2 Å². The maximum atomic E-state index is 13.1. The van der Waals surface area contributed by atoms with Crippen molar-refractivity contribution in [2.75, 3.05) is 6.54 Å². The van der Waals surface area contributed by atoms with E-state index < -0.39 is 0 Å². The van der Waals surface area contributed by atoms with Crippen LogP contribution >= 0.6 is 0 Å². The second-order valence-corrected chi connectivity index (χ2v) is 4.46. The van der Waals surface area contributed by atoms with Gasteiger partial charge in [-0.25, -0.2) is 4.39 Å². The van der Waals surface area contributed by atoms with Crippen LogP contribution in [0, 0.1) is 12.7 Å². The summed E-state index contributed by atoms with van der Waals surface area (Å²) in [5, 5.41) is 5.92. The van der Waals surface area contributed by atoms with Gasteiger partial charge in [0.15, 0.2) is 0 Å². The normalized spacial score (nSPS) is 12.2. The van der Waals surface area contributed by atoms with Crippen LogP contribution in [0.2, 0.25) is 0 Å². The molecular weight excluding hydrogens is 231 g/mol. The molecule has 1 unspecified atom stereocenters. The van der Waals surface area contributed by atoms with Gasteiger partial charge in [0.05, 0.1) is 6.04 Å². The van der Waals surface area contributed by atoms with Crippen LogP contribution in [-0.4, -0.2) is 18.5 Å². The first kappa shape index (κ1) is 14.6. The van der Waals surface area contributed by atoms with Crippen molar-refractivity contribution in [1.29, 1.82) is 0 Å². The Kier molecular flexibility index (Phi) is 5.78. The zero-order chi connectivity index (χ0) is 13.5. The van der Waals surface area contributed by atoms with E-state index in [0.29, 0.717) is 13.1 Å². The number of hydrogen-bond donors (Lipinski definition) is 2. The van der Waals surface area contributed by atoms with E-state index in [0.717, 1.165) is 17.5 Å². The molecule has 0 aliphatic carbocycles. The standard InChI is InChI=1S/C14H21FN2O/c1-4-7-16-14(18)11(3)17-9-12-8-13(15)6-5-10(12)2/h5-6,8,11,17H,4,7,9H2,1-3H3,(H,16,18). The quantitative estimate of drug-likeness (QED) is 0.814. The molecule has 100 valence electrons. The third kappa shape index (κ3) is 4.45. The van der Waals surface area contributed by atoms with Gasteiger partial charge in [0.1, 0.15) is 5.82 Å². The molecule has 4 heteroatoms. The summed E-state index contributed by atoms with van der Waals surface area (Å²) in [6.45, 7) is 6.92. The molecule has 1 atom stereocenters. The number of carbonyl (C=O) groups excluding carboxylic acids is 1. The molecule has 1 rings (SSSR count). The average molecular weight is 252 g/mol. The van der Waals surface area contributed by atoms with Crippen LogP contribution in [0.3, 0.4) is 0 Å². The molecule has 0 aromatic heterocycles. The van der Waals surface area contributed by atoms with Crippen LogP contribution in [0.1, 0.15) is 31.4 Å². The summed E-state index contributed by atoms with van der Waals surface area (Å²) in [5.41, 5.74) is 1.90. The summed E-state index contributed by atoms with van der Waals surface area (Å²) in [4.78, 5) is 11.6. The Hall–Kier alpha value is -1.42. The summed E-state index contributed by atoms with van der Waals surface area (Å²) in [7, 11) is 0. The smallest absolute Gasteiger partial charge is 0.236 e. The van der Waals surface area contributed by atoms with Gasteiger partial charge in [-0.3, -0.25) is 4.79 Å². The van der Waals surface area contributed by atoms with Gasteiger partial charge in [-0.1, -0.05) is 13.0 Å². The molecular formula is C14H21FN2O. The second kappa shape index (κ2) is 7.11. The molecule has 1 aromatic rings. The molecule has 2 N–H and O–H groups in total. The van der Waals surface area contributed by atoms with Crippen molar-refractivity contribution >= 4 is 5.91 Å². The van der Waals surface area contributed by atoms with Crippen molar-refractivity contribution in [1.82, 2.24) is 10.6 Å². The van der Waals surface area contributed by atoms with Crippen LogP contribution in [0.4, 0.5) is 4.39 Å². The van der Waals surface area contributed by atoms with Gasteiger partial charge in [-0.2, -0.15) is 0 Å². The van der Waals surface area contributed by atoms with Crippen molar-refractivity contribution < 1.29 is 9.18 Å². The van der Waals surface area contributed by atoms with E-state index in [-0.39, 0.29) is 17.8 Å². The van der Waals surface area contributed by atoms with Crippen LogP contribution < -0.4 is 10.6 Å². The molecule has 0 fully saturated rings. The van der Waals surface area contributed by atoms with E-state index in [1.54, 1.807) is 13.0 Å². The summed E-state index contributed by atoms with van der Waals surface area (Å²) < 4.78 is 13.1. The molecule has 0 saturated carbocycles. The molecule has 0 aliphatic heterocycles. The third-order valence-corrected chi connectivity index (χ3v) is 2.85. The summed E-state index contributed by atoms with van der Waals surface area (Å²) in [5.74, 6) is -0.272. The largest absolute Gasteiger partial charge is 0.355 e. The Morgan fingerprint density at radius 2 is 2.17 bits per heavy atom. The number of carbonyl (C=O) groups is 1. The lowest BCUT2D eigenvalue weighted by molar-refractivity contribution is -0.122. The van der Waals surface area contributed by atoms with Gasteiger partial charge in [0.2, 0.25) is 5.91 Å². The van der Waals surface area contributed by atoms with E-state index in [1.165, 1.54) is 12.1 Å². The van der Waals surface area contributed by atoms with Gasteiger partial charge in [-0.05, 0) is 43.5 Å². The number of nitrogens with one attached hydrogen (secondary N) is 2. The minimum atomic E-state index is -0.279. The van der Waals surface area contributed by atoms with Gasteiger partial charge >= 0.3 is 0 Å². The Balaban J connectivity index is 2.49. The maximum absolute atomic E-state index is 13.1. The molecule has 18 heavy (non-hydrogen) atoms. The Morgan fingerprint density at radius 3 is 2.83 bits per heavy atom. The van der Waals surface area contributed by atoms with Gasteiger partial charge in [0.25, 0.3) is 0 Å². The molecule has 1 amide bonds. The molecule has 0 spiro atoms. The van der Waals surface area contributed by atoms with Gasteiger partial charge < -0.3 is 10.6 Å². The zero-order valence-electron chi connectivity index (χ0n) is 11.2. The number of hydrogen-bond acceptors (Lipinski definition) is 2. The number of halogens is 1. The highest BCUT2D eigenvalue weighted by atomic mass is 19.1. The first-order valence-corrected chi connectivity index (χ1v) is 6.30. The molecule has 0 heterocycles. The monoisotopic (exact) mass is 252 g/mol. The van der Waals surface area contributed by atoms with E-state index in [2.05, 4.69) is 10.6 Å². The predicted molar refractivity (Wildman–Crippen MR) is 70.7 cm³/mol. The van der Waals surface area contributed by atoms with E-state index in [9.17, 15) is 9.18 Å². The van der Waals surface area contributed by atoms with Gasteiger partial charge in [-0.15, -0.1) is 0 Å². The minimum Gasteiger partial charge on any atom is -0.355 e. The molecule has 1 aromatic carbocycles. The Labute approximate surface area is 108 Å². The Morgan fingerprint density at radius 1 is 1.44 bits per heavy atom. The molecule has 0 saturated heterocycles. The number of rotatable bonds is 6. The average Bonchev–Trinajstić information content (AvgIpc) is 2.36. The van der Waals surface area contributed by atoms with Gasteiger partial charge in [0, 0.05) is 13.1 Å². The lowest BCUT2D eigenvalue weighted by atomic mass is 10.1. The van der Waals surface area contributed by atoms with E-state index >= 15 is 0 Å². The zero-order valence-corrected chi connectivity index (χ0v) is 11.2. The molecule has 3 nitrogen and oxygen atoms in total. The molecule has 0 aliphatic rings. The first-order valence-electron chi connectivity index (χ1n) is 6.30. The molecule has 0 radical (unpaired) electrons. The Bertz CT molecular complexity index is 407. The summed E-state index contributed by atoms with van der Waals surface area (Å²) in [6, 6.07) is 4.41. The van der Waals surface area contributed by atoms with E-state index in [4.69, 9.17) is 0 Å². The van der Waals surface area contributed by atoms with Crippen molar-refractivity contribution in [2.45, 2.75) is 39.8 Å². The van der Waals surface area contributed by atoms with Crippen molar-refractivity contribution in [2.24, 2.45) is 0 Å². The van der Waals surface area contributed by atoms with Crippen molar-refractivity contribution in [3.05, 3.63) is 35.1 Å². The number of benzene rings is 1. The fourth-order valence-electron chi connectivity index (χ4n) is 1.59. The number of aryl methyl sites for hydroxylation is 1. The highest BCUT2D eigenvalue weighted by molar-refractivity contribution is 5.81. The SMILES string of the molecule is CCCNC(=O)C(C)NCc1cc(F)ccc1C. The number of amides is 1. The minimum absolute atomic E-state index is 0.0223. The third-order valence-electron chi connectivity index (χ3n) is 2.85. The topological polar surface area (TPSA) is 41.1 Å². The van der Waals surface area contributed by atoms with Crippen molar-refractivity contribution in [3.63, 3.8) is 0 Å². The fourth-order valence-corrected chi connectivity index (χ4v) is 1.59.